The summed E-state index contributed by atoms with van der Waals surface area (Å²) in [6.45, 7) is 0. The minimum Gasteiger partial charge on any atom is -0.310 e. The molecule has 0 amide bonds. The van der Waals surface area contributed by atoms with E-state index >= 15 is 0 Å². The van der Waals surface area contributed by atoms with E-state index in [0.717, 1.165) is 22.7 Å². The molecule has 0 spiro atoms. The van der Waals surface area contributed by atoms with Crippen molar-refractivity contribution in [3.8, 4) is 27.9 Å². The van der Waals surface area contributed by atoms with Crippen molar-refractivity contribution in [1.29, 1.82) is 0 Å². The zero-order valence-corrected chi connectivity index (χ0v) is 31.3. The molecule has 57 heavy (non-hydrogen) atoms. The molecule has 0 radical (unpaired) electrons. The minimum atomic E-state index is -0.527. The van der Waals surface area contributed by atoms with Gasteiger partial charge in [-0.25, -0.2) is 0 Å². The number of benzene rings is 9. The molecule has 0 saturated carbocycles. The van der Waals surface area contributed by atoms with Crippen LogP contribution >= 0.6 is 0 Å². The number of rotatable bonds is 7. The van der Waals surface area contributed by atoms with Crippen molar-refractivity contribution in [2.45, 2.75) is 5.41 Å². The van der Waals surface area contributed by atoms with Crippen LogP contribution in [-0.2, 0) is 5.41 Å². The van der Waals surface area contributed by atoms with Crippen molar-refractivity contribution < 1.29 is 0 Å². The molecule has 268 valence electrons. The number of anilines is 3. The Morgan fingerprint density at radius 1 is 0.333 bits per heavy atom. The fourth-order valence-corrected chi connectivity index (χ4v) is 9.40. The smallest absolute Gasteiger partial charge is 0.0714 e. The molecule has 1 atom stereocenters. The van der Waals surface area contributed by atoms with Gasteiger partial charge in [0.25, 0.3) is 0 Å². The third-order valence-electron chi connectivity index (χ3n) is 11.9. The lowest BCUT2D eigenvalue weighted by Crippen LogP contribution is -2.28. The number of para-hydroxylation sites is 3. The molecule has 1 heterocycles. The Kier molecular flexibility index (Phi) is 7.75. The predicted molar refractivity (Wildman–Crippen MR) is 238 cm³/mol. The van der Waals surface area contributed by atoms with Crippen LogP contribution in [0.5, 0.6) is 0 Å². The molecular weight excluding hydrogens is 689 g/mol. The first-order chi connectivity index (χ1) is 28.3. The van der Waals surface area contributed by atoms with Crippen LogP contribution in [-0.4, -0.2) is 4.57 Å². The van der Waals surface area contributed by atoms with Crippen molar-refractivity contribution in [2.24, 2.45) is 0 Å². The fourth-order valence-electron chi connectivity index (χ4n) is 9.40. The number of nitrogens with zero attached hydrogens (tertiary/aromatic N) is 2. The van der Waals surface area contributed by atoms with Crippen molar-refractivity contribution >= 4 is 38.9 Å². The maximum absolute atomic E-state index is 2.45. The highest BCUT2D eigenvalue weighted by Crippen LogP contribution is 2.57. The molecule has 2 heteroatoms. The summed E-state index contributed by atoms with van der Waals surface area (Å²) in [5.41, 5.74) is 16.4. The lowest BCUT2D eigenvalue weighted by atomic mass is 9.67. The summed E-state index contributed by atoms with van der Waals surface area (Å²) < 4.78 is 2.38. The molecule has 1 aromatic heterocycles. The molecule has 0 bridgehead atoms. The quantitative estimate of drug-likeness (QED) is 0.159. The van der Waals surface area contributed by atoms with Crippen LogP contribution in [0.4, 0.5) is 17.1 Å². The Labute approximate surface area is 333 Å². The molecule has 10 aromatic rings. The number of aromatic nitrogens is 1. The number of hydrogen-bond acceptors (Lipinski definition) is 1. The average Bonchev–Trinajstić information content (AvgIpc) is 3.78. The van der Waals surface area contributed by atoms with Crippen LogP contribution in [0.15, 0.2) is 231 Å². The molecule has 2 nitrogen and oxygen atoms in total. The summed E-state index contributed by atoms with van der Waals surface area (Å²) >= 11 is 0. The zero-order chi connectivity index (χ0) is 37.8. The van der Waals surface area contributed by atoms with Gasteiger partial charge >= 0.3 is 0 Å². The van der Waals surface area contributed by atoms with Crippen LogP contribution in [0.2, 0.25) is 0 Å². The summed E-state index contributed by atoms with van der Waals surface area (Å²) in [4.78, 5) is 2.40. The maximum Gasteiger partial charge on any atom is 0.0714 e. The second-order valence-electron chi connectivity index (χ2n) is 14.9. The summed E-state index contributed by atoms with van der Waals surface area (Å²) in [5, 5.41) is 2.53. The summed E-state index contributed by atoms with van der Waals surface area (Å²) in [6.07, 6.45) is 0. The highest BCUT2D eigenvalue weighted by Gasteiger charge is 2.46. The highest BCUT2D eigenvalue weighted by atomic mass is 15.1. The molecule has 0 aliphatic heterocycles. The molecule has 1 aliphatic carbocycles. The summed E-state index contributed by atoms with van der Waals surface area (Å²) in [6, 6.07) is 84.2. The van der Waals surface area contributed by atoms with Gasteiger partial charge < -0.3 is 9.47 Å². The lowest BCUT2D eigenvalue weighted by molar-refractivity contribution is 0.768. The van der Waals surface area contributed by atoms with E-state index in [9.17, 15) is 0 Å². The van der Waals surface area contributed by atoms with Gasteiger partial charge in [0, 0.05) is 33.5 Å². The van der Waals surface area contributed by atoms with Crippen LogP contribution in [0.1, 0.15) is 22.3 Å². The lowest BCUT2D eigenvalue weighted by Gasteiger charge is -2.35. The first kappa shape index (κ1) is 33.0. The second-order valence-corrected chi connectivity index (χ2v) is 14.9. The third-order valence-corrected chi connectivity index (χ3v) is 11.9. The van der Waals surface area contributed by atoms with Crippen LogP contribution in [0, 0.1) is 0 Å². The average molecular weight is 727 g/mol. The number of hydrogen-bond donors (Lipinski definition) is 0. The van der Waals surface area contributed by atoms with Crippen LogP contribution in [0.3, 0.4) is 0 Å². The Hall–Kier alpha value is -7.42. The highest BCUT2D eigenvalue weighted by molar-refractivity contribution is 6.09. The SMILES string of the molecule is c1ccc(-c2ccc(C3(c4ccccc4)c4ccccc4-c4ccc(N(c5ccccc5)c5ccc(-n6c7ccccc7c7ccccc76)cc5)cc43)cc2)cc1. The van der Waals surface area contributed by atoms with E-state index in [4.69, 9.17) is 0 Å². The molecule has 0 N–H and O–H groups in total. The van der Waals surface area contributed by atoms with Gasteiger partial charge in [0.05, 0.1) is 16.4 Å². The van der Waals surface area contributed by atoms with Gasteiger partial charge in [-0.2, -0.15) is 0 Å². The van der Waals surface area contributed by atoms with Crippen LogP contribution in [0.25, 0.3) is 49.7 Å². The zero-order valence-electron chi connectivity index (χ0n) is 31.3. The fraction of sp³-hybridized carbons (Fsp3) is 0.0182. The van der Waals surface area contributed by atoms with Gasteiger partial charge in [0.2, 0.25) is 0 Å². The minimum absolute atomic E-state index is 0.527. The van der Waals surface area contributed by atoms with Gasteiger partial charge in [0.1, 0.15) is 0 Å². The first-order valence-electron chi connectivity index (χ1n) is 19.7. The van der Waals surface area contributed by atoms with E-state index in [1.807, 2.05) is 0 Å². The van der Waals surface area contributed by atoms with E-state index in [0.29, 0.717) is 0 Å². The van der Waals surface area contributed by atoms with Crippen LogP contribution < -0.4 is 4.90 Å². The Morgan fingerprint density at radius 2 is 0.825 bits per heavy atom. The Bertz CT molecular complexity index is 2980. The molecular formula is C55H38N2. The van der Waals surface area contributed by atoms with E-state index in [1.54, 1.807) is 0 Å². The monoisotopic (exact) mass is 726 g/mol. The second kappa shape index (κ2) is 13.4. The molecule has 0 fully saturated rings. The Balaban J connectivity index is 1.10. The van der Waals surface area contributed by atoms with Gasteiger partial charge in [0.15, 0.2) is 0 Å². The Morgan fingerprint density at radius 3 is 1.51 bits per heavy atom. The van der Waals surface area contributed by atoms with Gasteiger partial charge in [-0.15, -0.1) is 0 Å². The third kappa shape index (κ3) is 5.18. The standard InChI is InChI=1S/C55H38N2/c1-4-16-39(17-5-1)40-28-30-42(31-29-40)55(41-18-6-2-7-19-41)51-25-13-10-22-47(51)48-37-36-46(38-52(48)55)56(43-20-8-3-9-21-43)44-32-34-45(35-33-44)57-53-26-14-11-23-49(53)50-24-12-15-27-54(50)57/h1-38H. The maximum atomic E-state index is 2.45. The van der Waals surface area contributed by atoms with E-state index in [2.05, 4.69) is 240 Å². The van der Waals surface area contributed by atoms with Gasteiger partial charge in [-0.1, -0.05) is 170 Å². The molecule has 1 aliphatic rings. The largest absolute Gasteiger partial charge is 0.310 e. The summed E-state index contributed by atoms with van der Waals surface area (Å²) in [5.74, 6) is 0. The van der Waals surface area contributed by atoms with E-state index < -0.39 is 5.41 Å². The van der Waals surface area contributed by atoms with Crippen molar-refractivity contribution in [3.05, 3.63) is 253 Å². The van der Waals surface area contributed by atoms with Crippen molar-refractivity contribution in [1.82, 2.24) is 4.57 Å². The topological polar surface area (TPSA) is 8.17 Å². The molecule has 0 saturated heterocycles. The molecule has 11 rings (SSSR count). The molecule has 9 aromatic carbocycles. The van der Waals surface area contributed by atoms with E-state index in [-0.39, 0.29) is 0 Å². The normalized spacial score (nSPS) is 14.4. The van der Waals surface area contributed by atoms with Crippen molar-refractivity contribution in [3.63, 3.8) is 0 Å². The van der Waals surface area contributed by atoms with Crippen molar-refractivity contribution in [2.75, 3.05) is 4.90 Å². The van der Waals surface area contributed by atoms with E-state index in [1.165, 1.54) is 66.3 Å². The summed E-state index contributed by atoms with van der Waals surface area (Å²) in [7, 11) is 0. The molecule has 1 unspecified atom stereocenters. The first-order valence-corrected chi connectivity index (χ1v) is 19.7. The number of fused-ring (bicyclic) bond motifs is 6. The predicted octanol–water partition coefficient (Wildman–Crippen LogP) is 14.3. The van der Waals surface area contributed by atoms with Gasteiger partial charge in [-0.3, -0.25) is 0 Å². The van der Waals surface area contributed by atoms with Gasteiger partial charge in [-0.05, 0) is 105 Å².